The van der Waals surface area contributed by atoms with Gasteiger partial charge in [0.05, 0.1) is 22.7 Å². The van der Waals surface area contributed by atoms with Crippen molar-refractivity contribution in [2.75, 3.05) is 30.9 Å². The van der Waals surface area contributed by atoms with Gasteiger partial charge in [-0.05, 0) is 13.0 Å². The van der Waals surface area contributed by atoms with Gasteiger partial charge in [0.2, 0.25) is 0 Å². The summed E-state index contributed by atoms with van der Waals surface area (Å²) in [6, 6.07) is 1.58. The standard InChI is InChI=1S/C10H15Cl2N3O/c1-6(5-16)15(3)10-8(12)4-7(11)9(13-2)14-10/h4,6,16H,5H2,1-3H3,(H,13,14). The summed E-state index contributed by atoms with van der Waals surface area (Å²) in [6.45, 7) is 1.91. The van der Waals surface area contributed by atoms with E-state index in [1.54, 1.807) is 18.0 Å². The van der Waals surface area contributed by atoms with Crippen LogP contribution in [0.15, 0.2) is 6.07 Å². The Morgan fingerprint density at radius 3 is 2.62 bits per heavy atom. The van der Waals surface area contributed by atoms with Crippen LogP contribution in [0.4, 0.5) is 11.6 Å². The van der Waals surface area contributed by atoms with E-state index >= 15 is 0 Å². The molecule has 90 valence electrons. The van der Waals surface area contributed by atoms with Gasteiger partial charge in [-0.25, -0.2) is 4.98 Å². The Bertz CT molecular complexity index is 373. The van der Waals surface area contributed by atoms with E-state index in [0.29, 0.717) is 21.7 Å². The highest BCUT2D eigenvalue weighted by Crippen LogP contribution is 2.31. The van der Waals surface area contributed by atoms with E-state index in [2.05, 4.69) is 10.3 Å². The van der Waals surface area contributed by atoms with Gasteiger partial charge < -0.3 is 15.3 Å². The van der Waals surface area contributed by atoms with Crippen LogP contribution in [0.5, 0.6) is 0 Å². The van der Waals surface area contributed by atoms with Crippen molar-refractivity contribution in [2.24, 2.45) is 0 Å². The first kappa shape index (κ1) is 13.4. The summed E-state index contributed by atoms with van der Waals surface area (Å²) in [5.74, 6) is 1.16. The third-order valence-corrected chi connectivity index (χ3v) is 2.97. The number of aliphatic hydroxyl groups is 1. The van der Waals surface area contributed by atoms with E-state index in [-0.39, 0.29) is 12.6 Å². The van der Waals surface area contributed by atoms with E-state index < -0.39 is 0 Å². The molecule has 0 bridgehead atoms. The number of hydrogen-bond acceptors (Lipinski definition) is 4. The Kier molecular flexibility index (Phi) is 4.65. The predicted octanol–water partition coefficient (Wildman–Crippen LogP) is 2.25. The fourth-order valence-corrected chi connectivity index (χ4v) is 1.80. The zero-order valence-electron chi connectivity index (χ0n) is 9.46. The van der Waals surface area contributed by atoms with Crippen molar-refractivity contribution in [3.63, 3.8) is 0 Å². The number of nitrogens with zero attached hydrogens (tertiary/aromatic N) is 2. The molecule has 1 heterocycles. The van der Waals surface area contributed by atoms with Crippen LogP contribution in [0, 0.1) is 0 Å². The van der Waals surface area contributed by atoms with Crippen molar-refractivity contribution in [1.29, 1.82) is 0 Å². The van der Waals surface area contributed by atoms with Crippen molar-refractivity contribution >= 4 is 34.8 Å². The highest BCUT2D eigenvalue weighted by molar-refractivity contribution is 6.37. The summed E-state index contributed by atoms with van der Waals surface area (Å²) < 4.78 is 0. The van der Waals surface area contributed by atoms with E-state index in [1.165, 1.54) is 0 Å². The van der Waals surface area contributed by atoms with Gasteiger partial charge in [-0.15, -0.1) is 0 Å². The van der Waals surface area contributed by atoms with Crippen LogP contribution in [0.25, 0.3) is 0 Å². The van der Waals surface area contributed by atoms with Crippen LogP contribution in [0.1, 0.15) is 6.92 Å². The maximum atomic E-state index is 9.08. The van der Waals surface area contributed by atoms with Crippen molar-refractivity contribution in [3.8, 4) is 0 Å². The second kappa shape index (κ2) is 5.57. The monoisotopic (exact) mass is 263 g/mol. The van der Waals surface area contributed by atoms with Crippen molar-refractivity contribution in [3.05, 3.63) is 16.1 Å². The minimum absolute atomic E-state index is 0.0338. The van der Waals surface area contributed by atoms with E-state index in [1.807, 2.05) is 14.0 Å². The molecule has 1 rings (SSSR count). The molecule has 0 saturated heterocycles. The number of pyridine rings is 1. The summed E-state index contributed by atoms with van der Waals surface area (Å²) >= 11 is 12.0. The number of nitrogens with one attached hydrogen (secondary N) is 1. The highest BCUT2D eigenvalue weighted by Gasteiger charge is 2.16. The number of rotatable bonds is 4. The van der Waals surface area contributed by atoms with Gasteiger partial charge in [0.15, 0.2) is 0 Å². The first-order valence-electron chi connectivity index (χ1n) is 4.88. The smallest absolute Gasteiger partial charge is 0.150 e. The molecule has 4 nitrogen and oxygen atoms in total. The lowest BCUT2D eigenvalue weighted by molar-refractivity contribution is 0.270. The molecule has 16 heavy (non-hydrogen) atoms. The maximum absolute atomic E-state index is 9.08. The minimum Gasteiger partial charge on any atom is -0.394 e. The third kappa shape index (κ3) is 2.70. The molecule has 0 aliphatic heterocycles. The Labute approximate surface area is 105 Å². The lowest BCUT2D eigenvalue weighted by Gasteiger charge is -2.25. The third-order valence-electron chi connectivity index (χ3n) is 2.41. The second-order valence-electron chi connectivity index (χ2n) is 3.52. The molecule has 0 amide bonds. The van der Waals surface area contributed by atoms with E-state index in [0.717, 1.165) is 0 Å². The Morgan fingerprint density at radius 1 is 1.50 bits per heavy atom. The van der Waals surface area contributed by atoms with E-state index in [4.69, 9.17) is 28.3 Å². The normalized spacial score (nSPS) is 12.4. The molecular weight excluding hydrogens is 249 g/mol. The van der Waals surface area contributed by atoms with Gasteiger partial charge in [-0.3, -0.25) is 0 Å². The molecule has 0 aliphatic carbocycles. The van der Waals surface area contributed by atoms with Crippen LogP contribution in [0.3, 0.4) is 0 Å². The Balaban J connectivity index is 3.13. The predicted molar refractivity (Wildman–Crippen MR) is 68.8 cm³/mol. The first-order chi connectivity index (χ1) is 7.51. The van der Waals surface area contributed by atoms with Crippen LogP contribution >= 0.6 is 23.2 Å². The van der Waals surface area contributed by atoms with Crippen LogP contribution < -0.4 is 10.2 Å². The Morgan fingerprint density at radius 2 is 2.12 bits per heavy atom. The van der Waals surface area contributed by atoms with E-state index in [9.17, 15) is 0 Å². The van der Waals surface area contributed by atoms with Gasteiger partial charge in [0, 0.05) is 14.1 Å². The molecule has 1 aromatic rings. The second-order valence-corrected chi connectivity index (χ2v) is 4.33. The van der Waals surface area contributed by atoms with Gasteiger partial charge >= 0.3 is 0 Å². The van der Waals surface area contributed by atoms with Gasteiger partial charge in [-0.2, -0.15) is 0 Å². The number of halogens is 2. The summed E-state index contributed by atoms with van der Waals surface area (Å²) in [7, 11) is 3.56. The molecule has 1 aromatic heterocycles. The fourth-order valence-electron chi connectivity index (χ4n) is 1.21. The molecule has 1 atom stereocenters. The largest absolute Gasteiger partial charge is 0.394 e. The number of aromatic nitrogens is 1. The number of aliphatic hydroxyl groups excluding tert-OH is 1. The fraction of sp³-hybridized carbons (Fsp3) is 0.500. The summed E-state index contributed by atoms with van der Waals surface area (Å²) in [5.41, 5.74) is 0. The zero-order chi connectivity index (χ0) is 12.3. The van der Waals surface area contributed by atoms with Crippen LogP contribution in [-0.4, -0.2) is 36.8 Å². The van der Waals surface area contributed by atoms with Crippen molar-refractivity contribution in [1.82, 2.24) is 4.98 Å². The van der Waals surface area contributed by atoms with Crippen LogP contribution in [-0.2, 0) is 0 Å². The molecule has 0 radical (unpaired) electrons. The molecule has 1 unspecified atom stereocenters. The molecule has 0 saturated carbocycles. The highest BCUT2D eigenvalue weighted by atomic mass is 35.5. The summed E-state index contributed by atoms with van der Waals surface area (Å²) in [4.78, 5) is 6.10. The molecule has 0 spiro atoms. The average molecular weight is 264 g/mol. The molecule has 0 aliphatic rings. The lowest BCUT2D eigenvalue weighted by Crippen LogP contribution is -2.32. The summed E-state index contributed by atoms with van der Waals surface area (Å²) in [5, 5.41) is 12.9. The minimum atomic E-state index is -0.0594. The Hall–Kier alpha value is -0.710. The molecule has 0 aromatic carbocycles. The number of likely N-dealkylation sites (N-methyl/N-ethyl adjacent to an activating group) is 1. The number of hydrogen-bond donors (Lipinski definition) is 2. The van der Waals surface area contributed by atoms with Crippen molar-refractivity contribution in [2.45, 2.75) is 13.0 Å². The van der Waals surface area contributed by atoms with Gasteiger partial charge in [-0.1, -0.05) is 23.2 Å². The first-order valence-corrected chi connectivity index (χ1v) is 5.64. The topological polar surface area (TPSA) is 48.4 Å². The van der Waals surface area contributed by atoms with Crippen LogP contribution in [0.2, 0.25) is 10.0 Å². The van der Waals surface area contributed by atoms with Gasteiger partial charge in [0.1, 0.15) is 11.6 Å². The lowest BCUT2D eigenvalue weighted by atomic mass is 10.3. The maximum Gasteiger partial charge on any atom is 0.150 e. The SMILES string of the molecule is CNc1nc(N(C)C(C)CO)c(Cl)cc1Cl. The molecule has 6 heteroatoms. The number of anilines is 2. The molecular formula is C10H15Cl2N3O. The molecule has 2 N–H and O–H groups in total. The molecule has 0 fully saturated rings. The quantitative estimate of drug-likeness (QED) is 0.875. The summed E-state index contributed by atoms with van der Waals surface area (Å²) in [6.07, 6.45) is 0. The van der Waals surface area contributed by atoms with Gasteiger partial charge in [0.25, 0.3) is 0 Å². The average Bonchev–Trinajstić information content (AvgIpc) is 2.27. The zero-order valence-corrected chi connectivity index (χ0v) is 11.0. The van der Waals surface area contributed by atoms with Crippen molar-refractivity contribution < 1.29 is 5.11 Å².